The number of aliphatic carboxylic acids is 1. The van der Waals surface area contributed by atoms with Crippen molar-refractivity contribution in [1.29, 1.82) is 0 Å². The summed E-state index contributed by atoms with van der Waals surface area (Å²) in [5.74, 6) is -1.08. The molecule has 0 aromatic rings. The average molecular weight is 230 g/mol. The molecule has 0 aromatic heterocycles. The summed E-state index contributed by atoms with van der Waals surface area (Å²) in [4.78, 5) is 22.1. The number of hydrogen-bond donors (Lipinski definition) is 3. The van der Waals surface area contributed by atoms with Crippen LogP contribution in [0.5, 0.6) is 0 Å². The van der Waals surface area contributed by atoms with Gasteiger partial charge in [-0.25, -0.2) is 9.59 Å². The molecule has 6 heteroatoms. The minimum atomic E-state index is -1.08. The fourth-order valence-electron chi connectivity index (χ4n) is 0.959. The molecule has 0 bridgehead atoms. The first-order valence-corrected chi connectivity index (χ1v) is 4.92. The second kappa shape index (κ2) is 7.70. The first-order valence-electron chi connectivity index (χ1n) is 4.92. The van der Waals surface area contributed by atoms with Crippen LogP contribution in [-0.2, 0) is 9.53 Å². The first kappa shape index (κ1) is 14.4. The molecule has 0 spiro atoms. The Bertz CT molecular complexity index is 255. The van der Waals surface area contributed by atoms with Gasteiger partial charge >= 0.3 is 12.0 Å². The summed E-state index contributed by atoms with van der Waals surface area (Å²) < 4.78 is 4.76. The Kier molecular flexibility index (Phi) is 6.95. The number of hydrogen-bond acceptors (Lipinski definition) is 3. The van der Waals surface area contributed by atoms with Gasteiger partial charge in [0.05, 0.1) is 0 Å². The van der Waals surface area contributed by atoms with E-state index in [9.17, 15) is 9.59 Å². The van der Waals surface area contributed by atoms with Crippen molar-refractivity contribution in [3.8, 4) is 0 Å². The van der Waals surface area contributed by atoms with Crippen molar-refractivity contribution < 1.29 is 19.4 Å². The zero-order valence-corrected chi connectivity index (χ0v) is 9.53. The highest BCUT2D eigenvalue weighted by molar-refractivity contribution is 5.82. The second-order valence-electron chi connectivity index (χ2n) is 3.31. The van der Waals surface area contributed by atoms with Crippen LogP contribution in [0.3, 0.4) is 0 Å². The van der Waals surface area contributed by atoms with Gasteiger partial charge in [-0.05, 0) is 6.92 Å². The maximum Gasteiger partial charge on any atom is 0.326 e. The molecule has 0 saturated heterocycles. The van der Waals surface area contributed by atoms with E-state index in [2.05, 4.69) is 17.2 Å². The lowest BCUT2D eigenvalue weighted by molar-refractivity contribution is -0.139. The summed E-state index contributed by atoms with van der Waals surface area (Å²) in [6, 6.07) is -1.69. The van der Waals surface area contributed by atoms with Gasteiger partial charge in [-0.3, -0.25) is 0 Å². The molecule has 0 saturated carbocycles. The zero-order valence-electron chi connectivity index (χ0n) is 9.53. The largest absolute Gasteiger partial charge is 0.480 e. The minimum absolute atomic E-state index is 0.211. The van der Waals surface area contributed by atoms with E-state index < -0.39 is 18.0 Å². The topological polar surface area (TPSA) is 87.7 Å². The predicted molar refractivity (Wildman–Crippen MR) is 59.2 cm³/mol. The van der Waals surface area contributed by atoms with E-state index in [1.165, 1.54) is 7.11 Å². The molecule has 0 aliphatic rings. The Morgan fingerprint density at radius 1 is 1.50 bits per heavy atom. The Morgan fingerprint density at radius 3 is 2.56 bits per heavy atom. The molecule has 3 N–H and O–H groups in total. The number of nitrogens with one attached hydrogen (secondary N) is 2. The Morgan fingerprint density at radius 2 is 2.12 bits per heavy atom. The molecule has 16 heavy (non-hydrogen) atoms. The molecule has 2 amide bonds. The Balaban J connectivity index is 4.12. The van der Waals surface area contributed by atoms with E-state index in [4.69, 9.17) is 9.84 Å². The van der Waals surface area contributed by atoms with Crippen LogP contribution in [0.1, 0.15) is 13.3 Å². The quantitative estimate of drug-likeness (QED) is 0.551. The molecule has 0 aliphatic heterocycles. The lowest BCUT2D eigenvalue weighted by atomic mass is 10.2. The van der Waals surface area contributed by atoms with Crippen LogP contribution in [0.2, 0.25) is 0 Å². The van der Waals surface area contributed by atoms with Crippen LogP contribution >= 0.6 is 0 Å². The maximum absolute atomic E-state index is 11.3. The maximum atomic E-state index is 11.3. The van der Waals surface area contributed by atoms with Crippen molar-refractivity contribution in [2.24, 2.45) is 0 Å². The van der Waals surface area contributed by atoms with Crippen LogP contribution in [0, 0.1) is 0 Å². The van der Waals surface area contributed by atoms with Crippen molar-refractivity contribution in [3.05, 3.63) is 12.7 Å². The Hall–Kier alpha value is -1.56. The van der Waals surface area contributed by atoms with Gasteiger partial charge in [0.2, 0.25) is 0 Å². The summed E-state index contributed by atoms with van der Waals surface area (Å²) >= 11 is 0. The lowest BCUT2D eigenvalue weighted by Gasteiger charge is -2.16. The third kappa shape index (κ3) is 6.02. The highest BCUT2D eigenvalue weighted by Gasteiger charge is 2.19. The van der Waals surface area contributed by atoms with Gasteiger partial charge in [0.1, 0.15) is 6.04 Å². The molecule has 6 nitrogen and oxygen atoms in total. The zero-order chi connectivity index (χ0) is 12.6. The fraction of sp³-hybridized carbons (Fsp3) is 0.600. The first-order chi connectivity index (χ1) is 7.51. The van der Waals surface area contributed by atoms with E-state index in [1.807, 2.05) is 0 Å². The molecule has 0 rings (SSSR count). The van der Waals surface area contributed by atoms with Crippen LogP contribution in [0.15, 0.2) is 12.7 Å². The number of carbonyl (C=O) groups excluding carboxylic acids is 1. The van der Waals surface area contributed by atoms with E-state index >= 15 is 0 Å². The highest BCUT2D eigenvalue weighted by Crippen LogP contribution is 1.93. The summed E-state index contributed by atoms with van der Waals surface area (Å²) in [5.41, 5.74) is 0. The van der Waals surface area contributed by atoms with Crippen molar-refractivity contribution in [2.45, 2.75) is 25.4 Å². The van der Waals surface area contributed by atoms with Gasteiger partial charge in [0, 0.05) is 26.2 Å². The molecule has 0 fully saturated rings. The van der Waals surface area contributed by atoms with E-state index in [0.717, 1.165) is 0 Å². The number of carboxylic acids is 1. The smallest absolute Gasteiger partial charge is 0.326 e. The summed E-state index contributed by atoms with van der Waals surface area (Å²) in [6.45, 7) is 5.50. The number of ether oxygens (including phenoxy) is 1. The number of methoxy groups -OCH3 is 1. The molecular weight excluding hydrogens is 212 g/mol. The van der Waals surface area contributed by atoms with Crippen molar-refractivity contribution in [3.63, 3.8) is 0 Å². The standard InChI is InChI=1S/C10H18N2O4/c1-4-7(2)11-10(15)12-8(9(13)14)5-6-16-3/h4,7-8H,1,5-6H2,2-3H3,(H,13,14)(H2,11,12,15). The molecule has 0 aromatic carbocycles. The van der Waals surface area contributed by atoms with E-state index in [1.54, 1.807) is 13.0 Å². The van der Waals surface area contributed by atoms with E-state index in [0.29, 0.717) is 0 Å². The molecule has 0 heterocycles. The SMILES string of the molecule is C=CC(C)NC(=O)NC(CCOC)C(=O)O. The summed E-state index contributed by atoms with van der Waals surface area (Å²) in [6.07, 6.45) is 1.77. The highest BCUT2D eigenvalue weighted by atomic mass is 16.5. The predicted octanol–water partition coefficient (Wildman–Crippen LogP) is 0.350. The van der Waals surface area contributed by atoms with Gasteiger partial charge in [-0.15, -0.1) is 6.58 Å². The lowest BCUT2D eigenvalue weighted by Crippen LogP contribution is -2.48. The average Bonchev–Trinajstić information content (AvgIpc) is 2.23. The van der Waals surface area contributed by atoms with Crippen LogP contribution in [0.4, 0.5) is 4.79 Å². The number of carbonyl (C=O) groups is 2. The second-order valence-corrected chi connectivity index (χ2v) is 3.31. The van der Waals surface area contributed by atoms with Gasteiger partial charge < -0.3 is 20.5 Å². The molecule has 92 valence electrons. The minimum Gasteiger partial charge on any atom is -0.480 e. The van der Waals surface area contributed by atoms with E-state index in [-0.39, 0.29) is 19.1 Å². The number of amides is 2. The molecule has 0 radical (unpaired) electrons. The van der Waals surface area contributed by atoms with Crippen molar-refractivity contribution in [2.75, 3.05) is 13.7 Å². The normalized spacial score (nSPS) is 13.6. The van der Waals surface area contributed by atoms with Crippen LogP contribution in [-0.4, -0.2) is 42.9 Å². The van der Waals surface area contributed by atoms with Crippen LogP contribution < -0.4 is 10.6 Å². The van der Waals surface area contributed by atoms with Gasteiger partial charge in [-0.1, -0.05) is 6.08 Å². The van der Waals surface area contributed by atoms with Gasteiger partial charge in [-0.2, -0.15) is 0 Å². The third-order valence-corrected chi connectivity index (χ3v) is 1.93. The van der Waals surface area contributed by atoms with Gasteiger partial charge in [0.25, 0.3) is 0 Å². The summed E-state index contributed by atoms with van der Waals surface area (Å²) in [5, 5.41) is 13.7. The fourth-order valence-corrected chi connectivity index (χ4v) is 0.959. The molecule has 2 atom stereocenters. The third-order valence-electron chi connectivity index (χ3n) is 1.93. The molecular formula is C10H18N2O4. The number of rotatable bonds is 7. The molecule has 0 aliphatic carbocycles. The number of carboxylic acid groups (broad SMARTS) is 1. The van der Waals surface area contributed by atoms with Crippen molar-refractivity contribution in [1.82, 2.24) is 10.6 Å². The Labute approximate surface area is 94.7 Å². The number of urea groups is 1. The van der Waals surface area contributed by atoms with Crippen molar-refractivity contribution >= 4 is 12.0 Å². The molecule has 2 unspecified atom stereocenters. The monoisotopic (exact) mass is 230 g/mol. The van der Waals surface area contributed by atoms with Crippen LogP contribution in [0.25, 0.3) is 0 Å². The summed E-state index contributed by atoms with van der Waals surface area (Å²) in [7, 11) is 1.47. The van der Waals surface area contributed by atoms with Gasteiger partial charge in [0.15, 0.2) is 0 Å².